The van der Waals surface area contributed by atoms with Crippen LogP contribution in [0.4, 0.5) is 5.82 Å². The van der Waals surface area contributed by atoms with Crippen LogP contribution in [0.25, 0.3) is 11.0 Å². The number of benzene rings is 3. The molecule has 1 aliphatic rings. The van der Waals surface area contributed by atoms with Gasteiger partial charge in [-0.15, -0.1) is 0 Å². The fraction of sp³-hybridized carbons (Fsp3) is 0.258. The van der Waals surface area contributed by atoms with Crippen LogP contribution in [0.5, 0.6) is 0 Å². The van der Waals surface area contributed by atoms with E-state index in [1.165, 1.54) is 10.8 Å². The molecule has 3 N–H and O–H groups in total. The van der Waals surface area contributed by atoms with E-state index in [0.717, 1.165) is 16.7 Å². The van der Waals surface area contributed by atoms with Crippen LogP contribution in [0.1, 0.15) is 22.9 Å². The fourth-order valence-corrected chi connectivity index (χ4v) is 5.03. The lowest BCUT2D eigenvalue weighted by atomic mass is 10.1. The molecule has 210 valence electrons. The van der Waals surface area contributed by atoms with Crippen molar-refractivity contribution in [2.75, 3.05) is 12.3 Å². The van der Waals surface area contributed by atoms with Crippen molar-refractivity contribution in [1.29, 1.82) is 0 Å². The number of aromatic nitrogens is 4. The molecule has 4 atom stereocenters. The van der Waals surface area contributed by atoms with Gasteiger partial charge in [0.15, 0.2) is 6.23 Å². The van der Waals surface area contributed by atoms with Gasteiger partial charge in [-0.3, -0.25) is 5.10 Å². The van der Waals surface area contributed by atoms with E-state index in [4.69, 9.17) is 24.7 Å². The van der Waals surface area contributed by atoms with Gasteiger partial charge in [0.1, 0.15) is 29.8 Å². The third kappa shape index (κ3) is 6.06. The number of anilines is 1. The first-order chi connectivity index (χ1) is 20.2. The summed E-state index contributed by atoms with van der Waals surface area (Å²) in [5, 5.41) is 7.49. The predicted octanol–water partition coefficient (Wildman–Crippen LogP) is 3.99. The summed E-state index contributed by atoms with van der Waals surface area (Å²) in [7, 11) is 0. The van der Waals surface area contributed by atoms with Crippen molar-refractivity contribution in [3.8, 4) is 0 Å². The lowest BCUT2D eigenvalue weighted by Crippen LogP contribution is -2.40. The van der Waals surface area contributed by atoms with Crippen molar-refractivity contribution in [2.45, 2.75) is 44.4 Å². The molecule has 10 nitrogen and oxygen atoms in total. The summed E-state index contributed by atoms with van der Waals surface area (Å²) >= 11 is 0. The number of H-pyrrole nitrogens is 1. The molecule has 0 unspecified atom stereocenters. The minimum Gasteiger partial charge on any atom is -0.383 e. The highest BCUT2D eigenvalue weighted by Crippen LogP contribution is 2.36. The van der Waals surface area contributed by atoms with Crippen LogP contribution < -0.4 is 11.4 Å². The van der Waals surface area contributed by atoms with Crippen LogP contribution in [0.2, 0.25) is 0 Å². The van der Waals surface area contributed by atoms with E-state index in [1.54, 1.807) is 0 Å². The van der Waals surface area contributed by atoms with E-state index >= 15 is 0 Å². The van der Waals surface area contributed by atoms with E-state index < -0.39 is 30.2 Å². The monoisotopic (exact) mass is 553 g/mol. The summed E-state index contributed by atoms with van der Waals surface area (Å²) in [4.78, 5) is 17.3. The van der Waals surface area contributed by atoms with Crippen molar-refractivity contribution < 1.29 is 18.9 Å². The van der Waals surface area contributed by atoms with E-state index in [1.807, 2.05) is 91.0 Å². The predicted molar refractivity (Wildman–Crippen MR) is 153 cm³/mol. The zero-order valence-corrected chi connectivity index (χ0v) is 22.3. The van der Waals surface area contributed by atoms with Crippen molar-refractivity contribution >= 4 is 16.9 Å². The number of ether oxygens (including phenoxy) is 4. The standard InChI is InChI=1S/C31H31N5O5/c32-28-24-16-33-35-29(24)36(31(37)34-28)30-27(40-19-23-14-8-3-9-15-23)26(39-18-22-12-6-2-7-13-22)25(41-30)20-38-17-21-10-4-1-5-11-21/h1-16,25-27,30H,17-20H2,(H,33,35)(H2,32,34,37)/t25-,26-,27+,30-/m1/s1. The second-order valence-corrected chi connectivity index (χ2v) is 9.87. The van der Waals surface area contributed by atoms with Gasteiger partial charge in [-0.1, -0.05) is 91.0 Å². The molecule has 0 saturated carbocycles. The minimum atomic E-state index is -0.881. The molecule has 0 aliphatic carbocycles. The average Bonchev–Trinajstić information content (AvgIpc) is 3.62. The number of hydrogen-bond donors (Lipinski definition) is 2. The van der Waals surface area contributed by atoms with Crippen molar-refractivity contribution in [1.82, 2.24) is 19.7 Å². The number of nitrogen functional groups attached to an aromatic ring is 1. The number of aromatic amines is 1. The van der Waals surface area contributed by atoms with Crippen molar-refractivity contribution in [3.05, 3.63) is 124 Å². The van der Waals surface area contributed by atoms with Gasteiger partial charge < -0.3 is 24.7 Å². The Morgan fingerprint density at radius 3 is 1.98 bits per heavy atom. The van der Waals surface area contributed by atoms with Gasteiger partial charge in [0.05, 0.1) is 38.0 Å². The van der Waals surface area contributed by atoms with Gasteiger partial charge in [-0.25, -0.2) is 9.36 Å². The van der Waals surface area contributed by atoms with Gasteiger partial charge >= 0.3 is 5.69 Å². The van der Waals surface area contributed by atoms with Gasteiger partial charge in [0.2, 0.25) is 0 Å². The molecule has 0 spiro atoms. The summed E-state index contributed by atoms with van der Waals surface area (Å²) in [6.07, 6.45) is -1.14. The quantitative estimate of drug-likeness (QED) is 0.252. The van der Waals surface area contributed by atoms with Crippen LogP contribution in [0.3, 0.4) is 0 Å². The molecule has 0 bridgehead atoms. The van der Waals surface area contributed by atoms with Crippen LogP contribution in [-0.2, 0) is 38.8 Å². The van der Waals surface area contributed by atoms with Gasteiger partial charge in [-0.2, -0.15) is 10.1 Å². The maximum atomic E-state index is 13.3. The first kappa shape index (κ1) is 26.9. The molecule has 0 radical (unpaired) electrons. The maximum absolute atomic E-state index is 13.3. The number of nitrogens with one attached hydrogen (secondary N) is 1. The highest BCUT2D eigenvalue weighted by atomic mass is 16.6. The first-order valence-electron chi connectivity index (χ1n) is 13.5. The summed E-state index contributed by atoms with van der Waals surface area (Å²) < 4.78 is 27.1. The van der Waals surface area contributed by atoms with Crippen LogP contribution >= 0.6 is 0 Å². The maximum Gasteiger partial charge on any atom is 0.353 e. The molecule has 10 heteroatoms. The lowest BCUT2D eigenvalue weighted by molar-refractivity contribution is -0.0917. The SMILES string of the molecule is Nc1nc(=O)n([C@@H]2O[C@H](COCc3ccccc3)[C@@H](OCc3ccccc3)[C@@H]2OCc2ccccc2)c2[nH]ncc12. The molecule has 1 fully saturated rings. The fourth-order valence-electron chi connectivity index (χ4n) is 5.03. The summed E-state index contributed by atoms with van der Waals surface area (Å²) in [6.45, 7) is 1.24. The van der Waals surface area contributed by atoms with Crippen molar-refractivity contribution in [2.24, 2.45) is 0 Å². The zero-order chi connectivity index (χ0) is 28.0. The third-order valence-corrected chi connectivity index (χ3v) is 7.06. The highest BCUT2D eigenvalue weighted by Gasteiger charge is 2.48. The van der Waals surface area contributed by atoms with Crippen molar-refractivity contribution in [3.63, 3.8) is 0 Å². The summed E-state index contributed by atoms with van der Waals surface area (Å²) in [5.74, 6) is 0.0920. The summed E-state index contributed by atoms with van der Waals surface area (Å²) in [6, 6.07) is 29.6. The van der Waals surface area contributed by atoms with E-state index in [9.17, 15) is 4.79 Å². The Kier molecular flexibility index (Phi) is 8.15. The Labute approximate surface area is 236 Å². The molecular weight excluding hydrogens is 522 g/mol. The largest absolute Gasteiger partial charge is 0.383 e. The number of fused-ring (bicyclic) bond motifs is 1. The number of hydrogen-bond acceptors (Lipinski definition) is 8. The normalized spacial score (nSPS) is 20.5. The Morgan fingerprint density at radius 2 is 1.37 bits per heavy atom. The molecule has 1 aliphatic heterocycles. The Balaban J connectivity index is 1.33. The number of rotatable bonds is 11. The Hall–Kier alpha value is -4.35. The van der Waals surface area contributed by atoms with E-state index in [0.29, 0.717) is 24.2 Å². The zero-order valence-electron chi connectivity index (χ0n) is 22.3. The first-order valence-corrected chi connectivity index (χ1v) is 13.5. The number of nitrogens with zero attached hydrogens (tertiary/aromatic N) is 3. The molecule has 3 heterocycles. The van der Waals surface area contributed by atoms with E-state index in [2.05, 4.69) is 15.2 Å². The molecule has 2 aromatic heterocycles. The van der Waals surface area contributed by atoms with Crippen LogP contribution in [0.15, 0.2) is 102 Å². The molecule has 3 aromatic carbocycles. The molecular formula is C31H31N5O5. The minimum absolute atomic E-state index is 0.0920. The van der Waals surface area contributed by atoms with E-state index in [-0.39, 0.29) is 19.0 Å². The molecule has 6 rings (SSSR count). The Morgan fingerprint density at radius 1 is 0.805 bits per heavy atom. The second kappa shape index (κ2) is 12.4. The smallest absolute Gasteiger partial charge is 0.353 e. The lowest BCUT2D eigenvalue weighted by Gasteiger charge is -2.26. The van der Waals surface area contributed by atoms with Gasteiger partial charge in [0.25, 0.3) is 0 Å². The second-order valence-electron chi connectivity index (χ2n) is 9.87. The summed E-state index contributed by atoms with van der Waals surface area (Å²) in [5.41, 5.74) is 8.87. The Bertz CT molecular complexity index is 1610. The molecule has 0 amide bonds. The molecule has 5 aromatic rings. The van der Waals surface area contributed by atoms with Gasteiger partial charge in [-0.05, 0) is 16.7 Å². The topological polar surface area (TPSA) is 127 Å². The third-order valence-electron chi connectivity index (χ3n) is 7.06. The van der Waals surface area contributed by atoms with Crippen LogP contribution in [0, 0.1) is 0 Å². The average molecular weight is 554 g/mol. The van der Waals surface area contributed by atoms with Gasteiger partial charge in [0, 0.05) is 0 Å². The highest BCUT2D eigenvalue weighted by molar-refractivity contribution is 5.84. The van der Waals surface area contributed by atoms with Crippen LogP contribution in [-0.4, -0.2) is 44.7 Å². The number of nitrogens with two attached hydrogens (primary N) is 1. The molecule has 1 saturated heterocycles. The molecule has 41 heavy (non-hydrogen) atoms.